The van der Waals surface area contributed by atoms with E-state index in [1.807, 2.05) is 0 Å². The predicted octanol–water partition coefficient (Wildman–Crippen LogP) is 1.94. The Balaban J connectivity index is 2.04. The molecule has 2 rings (SSSR count). The van der Waals surface area contributed by atoms with E-state index in [0.29, 0.717) is 23.1 Å². The van der Waals surface area contributed by atoms with Gasteiger partial charge in [0.2, 0.25) is 5.91 Å². The molecule has 1 N–H and O–H groups in total. The van der Waals surface area contributed by atoms with Crippen molar-refractivity contribution >= 4 is 27.7 Å². The van der Waals surface area contributed by atoms with E-state index in [0.717, 1.165) is 6.42 Å². The number of nitrogens with zero attached hydrogens (tertiary/aromatic N) is 1. The number of hydrogen-bond acceptors (Lipinski definition) is 2. The molecule has 1 aliphatic rings. The summed E-state index contributed by atoms with van der Waals surface area (Å²) in [5.41, 5.74) is 0.323. The van der Waals surface area contributed by atoms with E-state index in [9.17, 15) is 14.0 Å². The van der Waals surface area contributed by atoms with Crippen LogP contribution in [0.1, 0.15) is 23.7 Å². The van der Waals surface area contributed by atoms with Crippen LogP contribution in [-0.4, -0.2) is 35.8 Å². The van der Waals surface area contributed by atoms with E-state index < -0.39 is 5.82 Å². The average Bonchev–Trinajstić information content (AvgIpc) is 2.79. The lowest BCUT2D eigenvalue weighted by atomic mass is 10.2. The fourth-order valence-corrected chi connectivity index (χ4v) is 2.41. The first kappa shape index (κ1) is 14.0. The average molecular weight is 329 g/mol. The van der Waals surface area contributed by atoms with Crippen LogP contribution in [0.4, 0.5) is 4.39 Å². The largest absolute Gasteiger partial charge is 0.352 e. The van der Waals surface area contributed by atoms with Gasteiger partial charge in [0, 0.05) is 31.6 Å². The highest BCUT2D eigenvalue weighted by atomic mass is 79.9. The summed E-state index contributed by atoms with van der Waals surface area (Å²) < 4.78 is 13.7. The van der Waals surface area contributed by atoms with Gasteiger partial charge in [0.05, 0.1) is 4.47 Å². The molecule has 0 saturated carbocycles. The van der Waals surface area contributed by atoms with Crippen LogP contribution in [0.25, 0.3) is 0 Å². The van der Waals surface area contributed by atoms with Crippen LogP contribution in [0.3, 0.4) is 0 Å². The minimum absolute atomic E-state index is 0.0123. The zero-order valence-electron chi connectivity index (χ0n) is 10.5. The Kier molecular flexibility index (Phi) is 4.19. The number of likely N-dealkylation sites (tertiary alicyclic amines) is 1. The molecule has 1 saturated heterocycles. The van der Waals surface area contributed by atoms with Gasteiger partial charge in [-0.3, -0.25) is 9.59 Å². The fraction of sp³-hybridized carbons (Fsp3) is 0.385. The first-order chi connectivity index (χ1) is 8.97. The third kappa shape index (κ3) is 3.32. The Labute approximate surface area is 119 Å². The summed E-state index contributed by atoms with van der Waals surface area (Å²) in [4.78, 5) is 24.8. The Hall–Kier alpha value is -1.43. The number of halogens is 2. The second-order valence-electron chi connectivity index (χ2n) is 4.57. The molecule has 1 atom stereocenters. The number of rotatable bonds is 2. The maximum Gasteiger partial charge on any atom is 0.254 e. The second-order valence-corrected chi connectivity index (χ2v) is 5.42. The molecule has 102 valence electrons. The highest BCUT2D eigenvalue weighted by Crippen LogP contribution is 2.19. The monoisotopic (exact) mass is 328 g/mol. The van der Waals surface area contributed by atoms with Crippen molar-refractivity contribution in [3.8, 4) is 0 Å². The molecule has 0 aliphatic carbocycles. The quantitative estimate of drug-likeness (QED) is 0.901. The normalized spacial score (nSPS) is 18.5. The number of benzene rings is 1. The van der Waals surface area contributed by atoms with Crippen LogP contribution in [0.5, 0.6) is 0 Å². The van der Waals surface area contributed by atoms with E-state index in [1.54, 1.807) is 11.0 Å². The zero-order valence-corrected chi connectivity index (χ0v) is 12.0. The topological polar surface area (TPSA) is 49.4 Å². The highest BCUT2D eigenvalue weighted by molar-refractivity contribution is 9.10. The third-order valence-electron chi connectivity index (χ3n) is 3.05. The Morgan fingerprint density at radius 2 is 2.21 bits per heavy atom. The molecule has 1 unspecified atom stereocenters. The van der Waals surface area contributed by atoms with Crippen molar-refractivity contribution in [2.45, 2.75) is 19.4 Å². The van der Waals surface area contributed by atoms with Crippen LogP contribution in [0, 0.1) is 5.82 Å². The molecule has 2 amide bonds. The van der Waals surface area contributed by atoms with Gasteiger partial charge < -0.3 is 10.2 Å². The van der Waals surface area contributed by atoms with Gasteiger partial charge in [-0.1, -0.05) is 0 Å². The van der Waals surface area contributed by atoms with Gasteiger partial charge >= 0.3 is 0 Å². The lowest BCUT2D eigenvalue weighted by Gasteiger charge is -2.17. The lowest BCUT2D eigenvalue weighted by Crippen LogP contribution is -2.37. The van der Waals surface area contributed by atoms with Crippen molar-refractivity contribution in [1.29, 1.82) is 0 Å². The van der Waals surface area contributed by atoms with Gasteiger partial charge in [0.15, 0.2) is 0 Å². The van der Waals surface area contributed by atoms with Crippen molar-refractivity contribution in [2.24, 2.45) is 0 Å². The van der Waals surface area contributed by atoms with Gasteiger partial charge in [-0.15, -0.1) is 0 Å². The molecule has 0 spiro atoms. The summed E-state index contributed by atoms with van der Waals surface area (Å²) in [5, 5.41) is 2.78. The van der Waals surface area contributed by atoms with Crippen molar-refractivity contribution < 1.29 is 14.0 Å². The van der Waals surface area contributed by atoms with Crippen LogP contribution in [0.2, 0.25) is 0 Å². The van der Waals surface area contributed by atoms with Gasteiger partial charge in [-0.05, 0) is 40.5 Å². The highest BCUT2D eigenvalue weighted by Gasteiger charge is 2.27. The Morgan fingerprint density at radius 1 is 1.47 bits per heavy atom. The molecule has 1 aromatic rings. The minimum atomic E-state index is -0.455. The Bertz CT molecular complexity index is 521. The van der Waals surface area contributed by atoms with Crippen molar-refractivity contribution in [3.63, 3.8) is 0 Å². The molecule has 1 fully saturated rings. The Morgan fingerprint density at radius 3 is 2.84 bits per heavy atom. The summed E-state index contributed by atoms with van der Waals surface area (Å²) in [6.45, 7) is 2.49. The van der Waals surface area contributed by atoms with E-state index in [2.05, 4.69) is 21.2 Å². The molecule has 19 heavy (non-hydrogen) atoms. The number of carbonyl (C=O) groups is 2. The summed E-state index contributed by atoms with van der Waals surface area (Å²) >= 11 is 3.05. The fourth-order valence-electron chi connectivity index (χ4n) is 2.16. The SMILES string of the molecule is CC(=O)NC1CCN(C(=O)c2ccc(Br)c(F)c2)C1. The molecular formula is C13H14BrFN2O2. The summed E-state index contributed by atoms with van der Waals surface area (Å²) in [6, 6.07) is 4.31. The van der Waals surface area contributed by atoms with Gasteiger partial charge in [0.25, 0.3) is 5.91 Å². The smallest absolute Gasteiger partial charge is 0.254 e. The molecular weight excluding hydrogens is 315 g/mol. The maximum absolute atomic E-state index is 13.4. The first-order valence-electron chi connectivity index (χ1n) is 5.99. The standard InChI is InChI=1S/C13H14BrFN2O2/c1-8(18)16-10-4-5-17(7-10)13(19)9-2-3-11(14)12(15)6-9/h2-3,6,10H,4-5,7H2,1H3,(H,16,18). The van der Waals surface area contributed by atoms with Crippen molar-refractivity contribution in [2.75, 3.05) is 13.1 Å². The van der Waals surface area contributed by atoms with E-state index in [1.165, 1.54) is 19.1 Å². The molecule has 1 aromatic carbocycles. The summed E-state index contributed by atoms with van der Waals surface area (Å²) in [6.07, 6.45) is 0.727. The first-order valence-corrected chi connectivity index (χ1v) is 6.78. The molecule has 4 nitrogen and oxygen atoms in total. The van der Waals surface area contributed by atoms with Gasteiger partial charge in [-0.25, -0.2) is 4.39 Å². The van der Waals surface area contributed by atoms with Crippen LogP contribution >= 0.6 is 15.9 Å². The van der Waals surface area contributed by atoms with Crippen LogP contribution in [-0.2, 0) is 4.79 Å². The van der Waals surface area contributed by atoms with Gasteiger partial charge in [-0.2, -0.15) is 0 Å². The third-order valence-corrected chi connectivity index (χ3v) is 3.69. The molecule has 0 radical (unpaired) electrons. The van der Waals surface area contributed by atoms with Crippen LogP contribution < -0.4 is 5.32 Å². The van der Waals surface area contributed by atoms with Crippen molar-refractivity contribution in [3.05, 3.63) is 34.1 Å². The van der Waals surface area contributed by atoms with E-state index >= 15 is 0 Å². The maximum atomic E-state index is 13.4. The molecule has 6 heteroatoms. The number of amides is 2. The van der Waals surface area contributed by atoms with E-state index in [4.69, 9.17) is 0 Å². The number of hydrogen-bond donors (Lipinski definition) is 1. The summed E-state index contributed by atoms with van der Waals surface area (Å²) in [7, 11) is 0. The van der Waals surface area contributed by atoms with Crippen LogP contribution in [0.15, 0.2) is 22.7 Å². The second kappa shape index (κ2) is 5.69. The molecule has 0 bridgehead atoms. The zero-order chi connectivity index (χ0) is 14.0. The van der Waals surface area contributed by atoms with Crippen molar-refractivity contribution in [1.82, 2.24) is 10.2 Å². The molecule has 0 aromatic heterocycles. The van der Waals surface area contributed by atoms with E-state index in [-0.39, 0.29) is 17.9 Å². The molecule has 1 aliphatic heterocycles. The summed E-state index contributed by atoms with van der Waals surface area (Å²) in [5.74, 6) is -0.767. The lowest BCUT2D eigenvalue weighted by molar-refractivity contribution is -0.119. The predicted molar refractivity (Wildman–Crippen MR) is 72.2 cm³/mol. The number of carbonyl (C=O) groups excluding carboxylic acids is 2. The molecule has 1 heterocycles. The van der Waals surface area contributed by atoms with Gasteiger partial charge in [0.1, 0.15) is 5.82 Å². The number of nitrogens with one attached hydrogen (secondary N) is 1. The minimum Gasteiger partial charge on any atom is -0.352 e.